The Hall–Kier alpha value is -4.02. The Labute approximate surface area is 210 Å². The zero-order valence-electron chi connectivity index (χ0n) is 17.9. The lowest BCUT2D eigenvalue weighted by atomic mass is 10.1. The summed E-state index contributed by atoms with van der Waals surface area (Å²) in [7, 11) is 1.26. The van der Waals surface area contributed by atoms with Crippen molar-refractivity contribution in [3.05, 3.63) is 85.8 Å². The molecule has 0 aliphatic rings. The van der Waals surface area contributed by atoms with Gasteiger partial charge in [0.2, 0.25) is 5.58 Å². The number of aromatic amines is 1. The molecule has 1 amide bonds. The Morgan fingerprint density at radius 1 is 1.14 bits per heavy atom. The van der Waals surface area contributed by atoms with E-state index in [4.69, 9.17) is 16.0 Å². The predicted molar refractivity (Wildman–Crippen MR) is 134 cm³/mol. The van der Waals surface area contributed by atoms with E-state index in [9.17, 15) is 14.4 Å². The van der Waals surface area contributed by atoms with Gasteiger partial charge >= 0.3 is 5.97 Å². The maximum Gasteiger partial charge on any atom is 0.339 e. The van der Waals surface area contributed by atoms with Crippen LogP contribution in [0.25, 0.3) is 33.5 Å². The Morgan fingerprint density at radius 3 is 2.69 bits per heavy atom. The largest absolute Gasteiger partial charge is 0.465 e. The van der Waals surface area contributed by atoms with Crippen LogP contribution in [0.2, 0.25) is 5.02 Å². The summed E-state index contributed by atoms with van der Waals surface area (Å²) in [6.07, 6.45) is 1.26. The number of amides is 1. The lowest BCUT2D eigenvalue weighted by Crippen LogP contribution is -2.14. The summed E-state index contributed by atoms with van der Waals surface area (Å²) in [5.41, 5.74) is 1.84. The van der Waals surface area contributed by atoms with Gasteiger partial charge in [-0.05, 0) is 48.5 Å². The van der Waals surface area contributed by atoms with Gasteiger partial charge in [-0.15, -0.1) is 0 Å². The molecule has 0 saturated heterocycles. The van der Waals surface area contributed by atoms with Gasteiger partial charge in [0.05, 0.1) is 17.7 Å². The number of esters is 1. The minimum Gasteiger partial charge on any atom is -0.465 e. The van der Waals surface area contributed by atoms with E-state index in [-0.39, 0.29) is 27.7 Å². The third kappa shape index (κ3) is 4.29. The van der Waals surface area contributed by atoms with Crippen molar-refractivity contribution in [3.63, 3.8) is 0 Å². The van der Waals surface area contributed by atoms with Gasteiger partial charge in [-0.2, -0.15) is 0 Å². The smallest absolute Gasteiger partial charge is 0.339 e. The van der Waals surface area contributed by atoms with E-state index in [0.717, 1.165) is 4.47 Å². The molecule has 0 aliphatic carbocycles. The SMILES string of the molecule is COC(=O)c1ccc(C(=O)Nc2ccc(-c3nc4c(oc5ccc(Br)cc54)c(=O)[nH]3)c(Cl)c2)nc1. The Morgan fingerprint density at radius 2 is 1.97 bits per heavy atom. The highest BCUT2D eigenvalue weighted by atomic mass is 79.9. The average molecular weight is 554 g/mol. The molecule has 0 fully saturated rings. The van der Waals surface area contributed by atoms with Gasteiger partial charge in [-0.25, -0.2) is 9.78 Å². The Bertz CT molecular complexity index is 1690. The summed E-state index contributed by atoms with van der Waals surface area (Å²) in [5, 5.41) is 3.64. The molecule has 11 heteroatoms. The van der Waals surface area contributed by atoms with Crippen LogP contribution >= 0.6 is 27.5 Å². The molecule has 2 aromatic carbocycles. The number of hydrogen-bond donors (Lipinski definition) is 2. The Balaban J connectivity index is 1.44. The second-order valence-corrected chi connectivity index (χ2v) is 8.73. The van der Waals surface area contributed by atoms with Crippen molar-refractivity contribution in [1.82, 2.24) is 15.0 Å². The zero-order valence-corrected chi connectivity index (χ0v) is 20.2. The van der Waals surface area contributed by atoms with Gasteiger partial charge in [0.25, 0.3) is 11.5 Å². The van der Waals surface area contributed by atoms with Crippen LogP contribution in [0.5, 0.6) is 0 Å². The number of halogens is 2. The number of carbonyl (C=O) groups is 2. The third-order valence-corrected chi connectivity index (χ3v) is 5.99. The number of ether oxygens (including phenoxy) is 1. The summed E-state index contributed by atoms with van der Waals surface area (Å²) in [6.45, 7) is 0. The number of furan rings is 1. The molecule has 2 N–H and O–H groups in total. The number of methoxy groups -OCH3 is 1. The fraction of sp³-hybridized carbons (Fsp3) is 0.0417. The first kappa shape index (κ1) is 22.8. The normalized spacial score (nSPS) is 11.1. The van der Waals surface area contributed by atoms with E-state index in [1.807, 2.05) is 12.1 Å². The van der Waals surface area contributed by atoms with E-state index in [1.54, 1.807) is 18.2 Å². The van der Waals surface area contributed by atoms with E-state index in [1.165, 1.54) is 31.5 Å². The quantitative estimate of drug-likeness (QED) is 0.293. The molecule has 35 heavy (non-hydrogen) atoms. The molecule has 0 atom stereocenters. The lowest BCUT2D eigenvalue weighted by molar-refractivity contribution is 0.0600. The minimum absolute atomic E-state index is 0.104. The van der Waals surface area contributed by atoms with Gasteiger partial charge in [0, 0.05) is 27.3 Å². The van der Waals surface area contributed by atoms with Crippen LogP contribution in [0, 0.1) is 0 Å². The standard InChI is InChI=1S/C24H14BrClN4O5/c1-34-24(33)11-2-6-17(27-10-11)22(31)28-13-4-5-14(16(26)9-13)21-29-19-15-8-12(25)3-7-18(15)35-20(19)23(32)30-21/h2-10H,1H3,(H,28,31)(H,29,30,32). The first-order chi connectivity index (χ1) is 16.8. The van der Waals surface area contributed by atoms with Gasteiger partial charge in [-0.1, -0.05) is 27.5 Å². The first-order valence-corrected chi connectivity index (χ1v) is 11.3. The number of H-pyrrole nitrogens is 1. The molecular weight excluding hydrogens is 540 g/mol. The van der Waals surface area contributed by atoms with Crippen LogP contribution in [-0.4, -0.2) is 33.9 Å². The van der Waals surface area contributed by atoms with Crippen LogP contribution in [0.15, 0.2) is 68.4 Å². The summed E-state index contributed by atoms with van der Waals surface area (Å²) >= 11 is 9.89. The lowest BCUT2D eigenvalue weighted by Gasteiger charge is -2.09. The summed E-state index contributed by atoms with van der Waals surface area (Å²) in [6, 6.07) is 13.0. The maximum absolute atomic E-state index is 12.7. The highest BCUT2D eigenvalue weighted by Crippen LogP contribution is 2.32. The van der Waals surface area contributed by atoms with Crippen molar-refractivity contribution in [2.45, 2.75) is 0 Å². The van der Waals surface area contributed by atoms with Gasteiger partial charge < -0.3 is 19.5 Å². The Kier molecular flexibility index (Phi) is 5.83. The van der Waals surface area contributed by atoms with Crippen molar-refractivity contribution < 1.29 is 18.7 Å². The van der Waals surface area contributed by atoms with E-state index < -0.39 is 17.4 Å². The van der Waals surface area contributed by atoms with Crippen LogP contribution in [-0.2, 0) is 4.74 Å². The number of carbonyl (C=O) groups excluding carboxylic acids is 2. The second-order valence-electron chi connectivity index (χ2n) is 7.41. The van der Waals surface area contributed by atoms with Crippen molar-refractivity contribution in [2.24, 2.45) is 0 Å². The van der Waals surface area contributed by atoms with Crippen LogP contribution < -0.4 is 10.9 Å². The van der Waals surface area contributed by atoms with Gasteiger partial charge in [0.1, 0.15) is 22.6 Å². The molecule has 0 saturated carbocycles. The number of benzene rings is 2. The monoisotopic (exact) mass is 552 g/mol. The highest BCUT2D eigenvalue weighted by molar-refractivity contribution is 9.10. The number of pyridine rings is 1. The molecule has 9 nitrogen and oxygen atoms in total. The van der Waals surface area contributed by atoms with Crippen LogP contribution in [0.3, 0.4) is 0 Å². The molecule has 0 bridgehead atoms. The maximum atomic E-state index is 12.7. The first-order valence-electron chi connectivity index (χ1n) is 10.1. The second kappa shape index (κ2) is 8.97. The van der Waals surface area contributed by atoms with Crippen molar-refractivity contribution in [1.29, 1.82) is 0 Å². The molecule has 0 aliphatic heterocycles. The number of nitrogens with one attached hydrogen (secondary N) is 2. The molecule has 0 radical (unpaired) electrons. The molecule has 0 unspecified atom stereocenters. The number of rotatable bonds is 4. The molecular formula is C24H14BrClN4O5. The molecule has 3 heterocycles. The number of aromatic nitrogens is 3. The highest BCUT2D eigenvalue weighted by Gasteiger charge is 2.17. The topological polar surface area (TPSA) is 127 Å². The minimum atomic E-state index is -0.548. The average Bonchev–Trinajstić information content (AvgIpc) is 3.22. The van der Waals surface area contributed by atoms with Crippen molar-refractivity contribution in [2.75, 3.05) is 12.4 Å². The number of nitrogens with zero attached hydrogens (tertiary/aromatic N) is 2. The fourth-order valence-corrected chi connectivity index (χ4v) is 4.13. The van der Waals surface area contributed by atoms with Gasteiger partial charge in [0.15, 0.2) is 0 Å². The third-order valence-electron chi connectivity index (χ3n) is 5.18. The van der Waals surface area contributed by atoms with Gasteiger partial charge in [-0.3, -0.25) is 14.6 Å². The van der Waals surface area contributed by atoms with E-state index in [2.05, 4.69) is 40.9 Å². The molecule has 5 rings (SSSR count). The van der Waals surface area contributed by atoms with Crippen LogP contribution in [0.1, 0.15) is 20.8 Å². The molecule has 0 spiro atoms. The van der Waals surface area contributed by atoms with Crippen LogP contribution in [0.4, 0.5) is 5.69 Å². The summed E-state index contributed by atoms with van der Waals surface area (Å²) in [5.74, 6) is -0.783. The number of anilines is 1. The summed E-state index contributed by atoms with van der Waals surface area (Å²) in [4.78, 5) is 48.0. The number of fused-ring (bicyclic) bond motifs is 3. The predicted octanol–water partition coefficient (Wildman–Crippen LogP) is 5.19. The molecule has 174 valence electrons. The van der Waals surface area contributed by atoms with E-state index in [0.29, 0.717) is 27.7 Å². The van der Waals surface area contributed by atoms with Crippen molar-refractivity contribution >= 4 is 67.2 Å². The molecule has 5 aromatic rings. The summed E-state index contributed by atoms with van der Waals surface area (Å²) < 4.78 is 11.1. The van der Waals surface area contributed by atoms with Crippen molar-refractivity contribution in [3.8, 4) is 11.4 Å². The van der Waals surface area contributed by atoms with E-state index >= 15 is 0 Å². The fourth-order valence-electron chi connectivity index (χ4n) is 3.50. The number of hydrogen-bond acceptors (Lipinski definition) is 7. The molecule has 3 aromatic heterocycles. The zero-order chi connectivity index (χ0) is 24.7.